The van der Waals surface area contributed by atoms with Gasteiger partial charge < -0.3 is 15.3 Å². The third-order valence-electron chi connectivity index (χ3n) is 2.53. The molecule has 6 heteroatoms. The minimum absolute atomic E-state index is 0.188. The fraction of sp³-hybridized carbons (Fsp3) is 0.308. The lowest BCUT2D eigenvalue weighted by Gasteiger charge is -2.19. The summed E-state index contributed by atoms with van der Waals surface area (Å²) < 4.78 is 0. The number of hydrogen-bond acceptors (Lipinski definition) is 3. The first-order valence-corrected chi connectivity index (χ1v) is 5.79. The Bertz CT molecular complexity index is 474. The summed E-state index contributed by atoms with van der Waals surface area (Å²) in [5.41, 5.74) is 1.91. The Balaban J connectivity index is 2.59. The van der Waals surface area contributed by atoms with Gasteiger partial charge in [0, 0.05) is 25.5 Å². The number of hydrogen-bond donors (Lipinski definition) is 2. The van der Waals surface area contributed by atoms with Gasteiger partial charge in [-0.25, -0.2) is 4.79 Å². The third-order valence-corrected chi connectivity index (χ3v) is 2.53. The minimum Gasteiger partial charge on any atom is -0.480 e. The number of aryl methyl sites for hydroxylation is 1. The molecule has 2 N–H and O–H groups in total. The Labute approximate surface area is 111 Å². The second kappa shape index (κ2) is 7.15. The van der Waals surface area contributed by atoms with Crippen LogP contribution in [0.5, 0.6) is 0 Å². The van der Waals surface area contributed by atoms with Crippen molar-refractivity contribution in [2.45, 2.75) is 13.5 Å². The van der Waals surface area contributed by atoms with Crippen molar-refractivity contribution in [3.05, 3.63) is 42.2 Å². The Kier molecular flexibility index (Phi) is 5.53. The number of carboxylic acids is 1. The number of nitrogens with one attached hydrogen (secondary N) is 1. The lowest BCUT2D eigenvalue weighted by Crippen LogP contribution is -2.42. The van der Waals surface area contributed by atoms with E-state index in [1.807, 2.05) is 13.0 Å². The predicted octanol–water partition coefficient (Wildman–Crippen LogP) is 1.17. The van der Waals surface area contributed by atoms with Gasteiger partial charge in [-0.15, -0.1) is 6.58 Å². The molecule has 0 saturated heterocycles. The van der Waals surface area contributed by atoms with Crippen molar-refractivity contribution in [2.75, 3.05) is 13.1 Å². The van der Waals surface area contributed by atoms with Gasteiger partial charge in [-0.1, -0.05) is 6.08 Å². The molecular weight excluding hydrogens is 246 g/mol. The Morgan fingerprint density at radius 3 is 2.89 bits per heavy atom. The average molecular weight is 263 g/mol. The van der Waals surface area contributed by atoms with Gasteiger partial charge in [0.15, 0.2) is 0 Å². The summed E-state index contributed by atoms with van der Waals surface area (Å²) in [5, 5.41) is 11.4. The number of rotatable bonds is 6. The summed E-state index contributed by atoms with van der Waals surface area (Å²) >= 11 is 0. The van der Waals surface area contributed by atoms with E-state index in [4.69, 9.17) is 5.11 Å². The van der Waals surface area contributed by atoms with Crippen LogP contribution in [0.2, 0.25) is 0 Å². The molecule has 19 heavy (non-hydrogen) atoms. The monoisotopic (exact) mass is 263 g/mol. The molecule has 6 nitrogen and oxygen atoms in total. The maximum absolute atomic E-state index is 11.8. The first-order chi connectivity index (χ1) is 9.04. The molecule has 0 unspecified atom stereocenters. The Morgan fingerprint density at radius 1 is 1.58 bits per heavy atom. The zero-order valence-electron chi connectivity index (χ0n) is 10.8. The van der Waals surface area contributed by atoms with Crippen LogP contribution in [0.4, 0.5) is 4.79 Å². The predicted molar refractivity (Wildman–Crippen MR) is 70.6 cm³/mol. The molecule has 0 bridgehead atoms. The lowest BCUT2D eigenvalue weighted by molar-refractivity contribution is -0.137. The smallest absolute Gasteiger partial charge is 0.323 e. The molecule has 2 amide bonds. The molecule has 102 valence electrons. The van der Waals surface area contributed by atoms with Gasteiger partial charge in [0.2, 0.25) is 0 Å². The highest BCUT2D eigenvalue weighted by atomic mass is 16.4. The second-order valence-corrected chi connectivity index (χ2v) is 4.02. The molecule has 1 aromatic rings. The van der Waals surface area contributed by atoms with Crippen LogP contribution in [-0.2, 0) is 11.3 Å². The van der Waals surface area contributed by atoms with Crippen LogP contribution >= 0.6 is 0 Å². The molecule has 0 fully saturated rings. The minimum atomic E-state index is -1.06. The third kappa shape index (κ3) is 4.79. The van der Waals surface area contributed by atoms with E-state index in [0.29, 0.717) is 6.54 Å². The average Bonchev–Trinajstić information content (AvgIpc) is 2.36. The summed E-state index contributed by atoms with van der Waals surface area (Å²) in [6, 6.07) is 1.38. The van der Waals surface area contributed by atoms with E-state index in [-0.39, 0.29) is 13.1 Å². The molecule has 1 rings (SSSR count). The lowest BCUT2D eigenvalue weighted by atomic mass is 10.1. The number of carboxylic acid groups (broad SMARTS) is 1. The molecule has 0 radical (unpaired) electrons. The number of carbonyl (C=O) groups excluding carboxylic acids is 1. The van der Waals surface area contributed by atoms with Gasteiger partial charge in [-0.2, -0.15) is 0 Å². The van der Waals surface area contributed by atoms with Crippen LogP contribution in [0, 0.1) is 6.92 Å². The van der Waals surface area contributed by atoms with Crippen molar-refractivity contribution < 1.29 is 14.7 Å². The molecule has 1 heterocycles. The quantitative estimate of drug-likeness (QED) is 0.755. The number of pyridine rings is 1. The van der Waals surface area contributed by atoms with Crippen molar-refractivity contribution >= 4 is 12.0 Å². The van der Waals surface area contributed by atoms with Crippen LogP contribution in [0.15, 0.2) is 31.1 Å². The highest BCUT2D eigenvalue weighted by Gasteiger charge is 2.14. The molecule has 0 aliphatic heterocycles. The van der Waals surface area contributed by atoms with Crippen LogP contribution in [0.25, 0.3) is 0 Å². The molecule has 0 saturated carbocycles. The number of aromatic nitrogens is 1. The fourth-order valence-electron chi connectivity index (χ4n) is 1.52. The summed E-state index contributed by atoms with van der Waals surface area (Å²) in [6.45, 7) is 5.56. The molecule has 0 aliphatic rings. The summed E-state index contributed by atoms with van der Waals surface area (Å²) in [6.07, 6.45) is 4.84. The highest BCUT2D eigenvalue weighted by molar-refractivity contribution is 5.80. The van der Waals surface area contributed by atoms with E-state index >= 15 is 0 Å². The van der Waals surface area contributed by atoms with Gasteiger partial charge in [-0.3, -0.25) is 9.78 Å². The van der Waals surface area contributed by atoms with E-state index < -0.39 is 12.0 Å². The van der Waals surface area contributed by atoms with Crippen molar-refractivity contribution in [2.24, 2.45) is 0 Å². The van der Waals surface area contributed by atoms with Gasteiger partial charge in [0.1, 0.15) is 6.54 Å². The number of aliphatic carboxylic acids is 1. The van der Waals surface area contributed by atoms with E-state index in [0.717, 1.165) is 11.1 Å². The van der Waals surface area contributed by atoms with Crippen LogP contribution in [-0.4, -0.2) is 40.1 Å². The summed E-state index contributed by atoms with van der Waals surface area (Å²) in [5.74, 6) is -1.06. The van der Waals surface area contributed by atoms with E-state index in [9.17, 15) is 9.59 Å². The van der Waals surface area contributed by atoms with Gasteiger partial charge in [-0.05, 0) is 24.1 Å². The van der Waals surface area contributed by atoms with Crippen molar-refractivity contribution in [1.82, 2.24) is 15.2 Å². The van der Waals surface area contributed by atoms with E-state index in [1.54, 1.807) is 12.4 Å². The summed E-state index contributed by atoms with van der Waals surface area (Å²) in [4.78, 5) is 27.6. The van der Waals surface area contributed by atoms with Gasteiger partial charge in [0.25, 0.3) is 0 Å². The number of urea groups is 1. The van der Waals surface area contributed by atoms with Crippen molar-refractivity contribution in [1.29, 1.82) is 0 Å². The maximum atomic E-state index is 11.8. The van der Waals surface area contributed by atoms with Crippen molar-refractivity contribution in [3.8, 4) is 0 Å². The molecule has 0 aromatic carbocycles. The SMILES string of the molecule is C=CCN(CC(=O)O)C(=O)NCc1ccncc1C. The van der Waals surface area contributed by atoms with E-state index in [1.165, 1.54) is 11.0 Å². The van der Waals surface area contributed by atoms with Gasteiger partial charge >= 0.3 is 12.0 Å². The Morgan fingerprint density at radius 2 is 2.32 bits per heavy atom. The topological polar surface area (TPSA) is 82.5 Å². The van der Waals surface area contributed by atoms with Gasteiger partial charge in [0.05, 0.1) is 0 Å². The molecule has 0 atom stereocenters. The van der Waals surface area contributed by atoms with Crippen LogP contribution < -0.4 is 5.32 Å². The number of nitrogens with zero attached hydrogens (tertiary/aromatic N) is 2. The maximum Gasteiger partial charge on any atom is 0.323 e. The molecular formula is C13H17N3O3. The zero-order chi connectivity index (χ0) is 14.3. The standard InChI is InChI=1S/C13H17N3O3/c1-3-6-16(9-12(17)18)13(19)15-8-11-4-5-14-7-10(11)2/h3-5,7H,1,6,8-9H2,2H3,(H,15,19)(H,17,18). The van der Waals surface area contributed by atoms with E-state index in [2.05, 4.69) is 16.9 Å². The van der Waals surface area contributed by atoms with Crippen LogP contribution in [0.3, 0.4) is 0 Å². The second-order valence-electron chi connectivity index (χ2n) is 4.02. The molecule has 0 spiro atoms. The van der Waals surface area contributed by atoms with Crippen molar-refractivity contribution in [3.63, 3.8) is 0 Å². The Hall–Kier alpha value is -2.37. The number of carbonyl (C=O) groups is 2. The van der Waals surface area contributed by atoms with Crippen LogP contribution in [0.1, 0.15) is 11.1 Å². The first kappa shape index (κ1) is 14.7. The summed E-state index contributed by atoms with van der Waals surface area (Å²) in [7, 11) is 0. The first-order valence-electron chi connectivity index (χ1n) is 5.79. The number of amides is 2. The zero-order valence-corrected chi connectivity index (χ0v) is 10.8. The fourth-order valence-corrected chi connectivity index (χ4v) is 1.52. The molecule has 1 aromatic heterocycles. The largest absolute Gasteiger partial charge is 0.480 e. The molecule has 0 aliphatic carbocycles. The highest BCUT2D eigenvalue weighted by Crippen LogP contribution is 2.04. The normalized spacial score (nSPS) is 9.74.